The van der Waals surface area contributed by atoms with Crippen molar-refractivity contribution < 1.29 is 0 Å². The van der Waals surface area contributed by atoms with E-state index in [0.717, 1.165) is 18.9 Å². The molecule has 0 aromatic carbocycles. The van der Waals surface area contributed by atoms with Gasteiger partial charge in [-0.05, 0) is 39.4 Å². The van der Waals surface area contributed by atoms with Gasteiger partial charge < -0.3 is 14.8 Å². The van der Waals surface area contributed by atoms with Gasteiger partial charge in [-0.1, -0.05) is 6.92 Å². The fourth-order valence-corrected chi connectivity index (χ4v) is 2.48. The molecular weight excluding hydrogens is 212 g/mol. The van der Waals surface area contributed by atoms with E-state index in [1.807, 2.05) is 6.20 Å². The zero-order valence-corrected chi connectivity index (χ0v) is 11.0. The number of nitrogens with one attached hydrogen (secondary N) is 1. The summed E-state index contributed by atoms with van der Waals surface area (Å²) in [6.45, 7) is 9.96. The van der Waals surface area contributed by atoms with Gasteiger partial charge in [0.15, 0.2) is 0 Å². The molecule has 4 nitrogen and oxygen atoms in total. The highest BCUT2D eigenvalue weighted by Crippen LogP contribution is 2.10. The lowest BCUT2D eigenvalue weighted by Crippen LogP contribution is -2.42. The summed E-state index contributed by atoms with van der Waals surface area (Å²) in [7, 11) is 0. The van der Waals surface area contributed by atoms with Crippen molar-refractivity contribution in [3.05, 3.63) is 18.2 Å². The average Bonchev–Trinajstić information content (AvgIpc) is 2.84. The topological polar surface area (TPSA) is 33.1 Å². The standard InChI is InChI=1S/C13H24N4/c1-3-16-8-5-12(6-9-16)15-11-13-14-7-10-17(13)4-2/h7,10,12,15H,3-6,8-9,11H2,1-2H3. The maximum Gasteiger partial charge on any atom is 0.122 e. The van der Waals surface area contributed by atoms with Gasteiger partial charge in [0.2, 0.25) is 0 Å². The third kappa shape index (κ3) is 3.30. The molecule has 1 aliphatic heterocycles. The molecule has 0 saturated carbocycles. The predicted molar refractivity (Wildman–Crippen MR) is 69.9 cm³/mol. The summed E-state index contributed by atoms with van der Waals surface area (Å²) in [4.78, 5) is 6.91. The molecule has 1 aliphatic rings. The molecule has 0 bridgehead atoms. The molecule has 0 unspecified atom stereocenters. The minimum atomic E-state index is 0.666. The van der Waals surface area contributed by atoms with Crippen LogP contribution < -0.4 is 5.32 Å². The van der Waals surface area contributed by atoms with Crippen LogP contribution in [0.5, 0.6) is 0 Å². The Balaban J connectivity index is 1.76. The molecule has 1 saturated heterocycles. The van der Waals surface area contributed by atoms with Gasteiger partial charge in [-0.25, -0.2) is 4.98 Å². The summed E-state index contributed by atoms with van der Waals surface area (Å²) in [6.07, 6.45) is 6.47. The van der Waals surface area contributed by atoms with E-state index >= 15 is 0 Å². The summed E-state index contributed by atoms with van der Waals surface area (Å²) in [5.74, 6) is 1.16. The molecule has 1 N–H and O–H groups in total. The second kappa shape index (κ2) is 6.17. The fourth-order valence-electron chi connectivity index (χ4n) is 2.48. The largest absolute Gasteiger partial charge is 0.334 e. The van der Waals surface area contributed by atoms with Gasteiger partial charge in [-0.3, -0.25) is 0 Å². The highest BCUT2D eigenvalue weighted by molar-refractivity contribution is 4.92. The van der Waals surface area contributed by atoms with Gasteiger partial charge in [0.25, 0.3) is 0 Å². The van der Waals surface area contributed by atoms with Crippen LogP contribution in [0.1, 0.15) is 32.5 Å². The lowest BCUT2D eigenvalue weighted by atomic mass is 10.1. The van der Waals surface area contributed by atoms with E-state index in [2.05, 4.69) is 39.8 Å². The van der Waals surface area contributed by atoms with Crippen LogP contribution in [0.25, 0.3) is 0 Å². The number of likely N-dealkylation sites (tertiary alicyclic amines) is 1. The summed E-state index contributed by atoms with van der Waals surface area (Å²) in [5, 5.41) is 3.63. The molecule has 0 atom stereocenters. The van der Waals surface area contributed by atoms with Crippen LogP contribution in [0.4, 0.5) is 0 Å². The van der Waals surface area contributed by atoms with Crippen molar-refractivity contribution in [2.45, 2.75) is 45.8 Å². The van der Waals surface area contributed by atoms with Crippen molar-refractivity contribution in [1.82, 2.24) is 19.8 Å². The van der Waals surface area contributed by atoms with Crippen LogP contribution in [0.2, 0.25) is 0 Å². The van der Waals surface area contributed by atoms with Crippen LogP contribution in [0.15, 0.2) is 12.4 Å². The number of hydrogen-bond donors (Lipinski definition) is 1. The van der Waals surface area contributed by atoms with E-state index in [1.165, 1.54) is 32.5 Å². The summed E-state index contributed by atoms with van der Waals surface area (Å²) >= 11 is 0. The van der Waals surface area contributed by atoms with Crippen molar-refractivity contribution in [2.24, 2.45) is 0 Å². The van der Waals surface area contributed by atoms with Gasteiger partial charge in [0.05, 0.1) is 6.54 Å². The minimum absolute atomic E-state index is 0.666. The molecule has 17 heavy (non-hydrogen) atoms. The Morgan fingerprint density at radius 1 is 1.29 bits per heavy atom. The molecule has 0 aliphatic carbocycles. The molecule has 4 heteroatoms. The van der Waals surface area contributed by atoms with Crippen LogP contribution >= 0.6 is 0 Å². The zero-order valence-electron chi connectivity index (χ0n) is 11.0. The number of imidazole rings is 1. The number of hydrogen-bond acceptors (Lipinski definition) is 3. The first-order valence-corrected chi connectivity index (χ1v) is 6.79. The number of aryl methyl sites for hydroxylation is 1. The Morgan fingerprint density at radius 2 is 2.06 bits per heavy atom. The predicted octanol–water partition coefficient (Wildman–Crippen LogP) is 1.48. The van der Waals surface area contributed by atoms with Gasteiger partial charge in [0, 0.05) is 25.0 Å². The highest BCUT2D eigenvalue weighted by atomic mass is 15.1. The lowest BCUT2D eigenvalue weighted by molar-refractivity contribution is 0.205. The normalized spacial score (nSPS) is 18.7. The number of nitrogens with zero attached hydrogens (tertiary/aromatic N) is 3. The molecule has 1 aromatic heterocycles. The van der Waals surface area contributed by atoms with E-state index < -0.39 is 0 Å². The third-order valence-electron chi connectivity index (χ3n) is 3.73. The van der Waals surface area contributed by atoms with E-state index in [0.29, 0.717) is 6.04 Å². The Bertz CT molecular complexity index is 326. The second-order valence-corrected chi connectivity index (χ2v) is 4.72. The molecule has 1 aromatic rings. The summed E-state index contributed by atoms with van der Waals surface area (Å²) < 4.78 is 2.20. The molecule has 0 spiro atoms. The Kier molecular flexibility index (Phi) is 4.57. The first-order valence-electron chi connectivity index (χ1n) is 6.79. The lowest BCUT2D eigenvalue weighted by Gasteiger charge is -2.31. The third-order valence-corrected chi connectivity index (χ3v) is 3.73. The van der Waals surface area contributed by atoms with E-state index in [4.69, 9.17) is 0 Å². The van der Waals surface area contributed by atoms with E-state index in [9.17, 15) is 0 Å². The molecular formula is C13H24N4. The van der Waals surface area contributed by atoms with Crippen LogP contribution in [0, 0.1) is 0 Å². The van der Waals surface area contributed by atoms with Crippen LogP contribution in [-0.4, -0.2) is 40.1 Å². The molecule has 2 rings (SSSR count). The monoisotopic (exact) mass is 236 g/mol. The Hall–Kier alpha value is -0.870. The maximum atomic E-state index is 4.39. The van der Waals surface area contributed by atoms with Crippen LogP contribution in [0.3, 0.4) is 0 Å². The quantitative estimate of drug-likeness (QED) is 0.840. The molecule has 2 heterocycles. The Morgan fingerprint density at radius 3 is 2.71 bits per heavy atom. The molecule has 0 radical (unpaired) electrons. The number of rotatable bonds is 5. The first kappa shape index (κ1) is 12.6. The van der Waals surface area contributed by atoms with E-state index in [-0.39, 0.29) is 0 Å². The Labute approximate surface area is 104 Å². The first-order chi connectivity index (χ1) is 8.33. The van der Waals surface area contributed by atoms with Gasteiger partial charge in [-0.15, -0.1) is 0 Å². The van der Waals surface area contributed by atoms with E-state index in [1.54, 1.807) is 0 Å². The zero-order chi connectivity index (χ0) is 12.1. The van der Waals surface area contributed by atoms with Crippen molar-refractivity contribution in [3.63, 3.8) is 0 Å². The molecule has 0 amide bonds. The van der Waals surface area contributed by atoms with Crippen molar-refractivity contribution in [3.8, 4) is 0 Å². The number of aromatic nitrogens is 2. The van der Waals surface area contributed by atoms with Gasteiger partial charge in [0.1, 0.15) is 5.82 Å². The fraction of sp³-hybridized carbons (Fsp3) is 0.769. The van der Waals surface area contributed by atoms with Gasteiger partial charge >= 0.3 is 0 Å². The van der Waals surface area contributed by atoms with Crippen molar-refractivity contribution in [1.29, 1.82) is 0 Å². The minimum Gasteiger partial charge on any atom is -0.334 e. The molecule has 1 fully saturated rings. The second-order valence-electron chi connectivity index (χ2n) is 4.72. The van der Waals surface area contributed by atoms with Crippen LogP contribution in [-0.2, 0) is 13.1 Å². The van der Waals surface area contributed by atoms with Gasteiger partial charge in [-0.2, -0.15) is 0 Å². The average molecular weight is 236 g/mol. The van der Waals surface area contributed by atoms with Crippen molar-refractivity contribution >= 4 is 0 Å². The number of piperidine rings is 1. The molecule has 96 valence electrons. The highest BCUT2D eigenvalue weighted by Gasteiger charge is 2.17. The smallest absolute Gasteiger partial charge is 0.122 e. The maximum absolute atomic E-state index is 4.39. The summed E-state index contributed by atoms with van der Waals surface area (Å²) in [6, 6.07) is 0.666. The SMILES string of the molecule is CCN1CCC(NCc2nccn2CC)CC1. The summed E-state index contributed by atoms with van der Waals surface area (Å²) in [5.41, 5.74) is 0. The van der Waals surface area contributed by atoms with Crippen molar-refractivity contribution in [2.75, 3.05) is 19.6 Å².